The van der Waals surface area contributed by atoms with Gasteiger partial charge in [-0.25, -0.2) is 0 Å². The van der Waals surface area contributed by atoms with Crippen LogP contribution in [0.15, 0.2) is 578 Å². The summed E-state index contributed by atoms with van der Waals surface area (Å²) in [5, 5.41) is 18.2. The van der Waals surface area contributed by atoms with Crippen LogP contribution in [0.2, 0.25) is 0 Å². The van der Waals surface area contributed by atoms with Gasteiger partial charge in [0.15, 0.2) is 0 Å². The van der Waals surface area contributed by atoms with Crippen LogP contribution >= 0.6 is 0 Å². The SMILES string of the molecule is c1ccc(-c2cccnc2[Si](c2ccccc2)(c2ccccc2)c2ccccc2)cc1.c1ccc(-c2cccnc2[Si](c2ccccc2)(c2ccccn2)c2ncccc2-c2ccccn2)cc1.c1ccc([Si](c2ccccc2)(c2ncccc2-c2ccccn2)c2ncccc2-c2ccccn2)cc1.c1ccc([Si](c2ccccc2)(c2ncccc2-c2cccnc2)c2ncccc2-c2cccnc2)cc1. The highest BCUT2D eigenvalue weighted by atomic mass is 28.3. The Bertz CT molecular complexity index is 6920. The number of rotatable bonds is 23. The number of pyridine rings is 13. The molecule has 23 rings (SSSR count). The van der Waals surface area contributed by atoms with E-state index in [-0.39, 0.29) is 0 Å². The Morgan fingerprint density at radius 2 is 0.310 bits per heavy atom. The highest BCUT2D eigenvalue weighted by Crippen LogP contribution is 2.30. The summed E-state index contributed by atoms with van der Waals surface area (Å²) < 4.78 is 0. The van der Waals surface area contributed by atoms with Gasteiger partial charge in [0, 0.05) is 159 Å². The lowest BCUT2D eigenvalue weighted by Crippen LogP contribution is -2.77. The monoisotopic (exact) mass is 1890 g/mol. The number of benzene rings is 10. The molecular weight excluding hydrogens is 1800 g/mol. The van der Waals surface area contributed by atoms with Gasteiger partial charge in [-0.3, -0.25) is 64.8 Å². The molecule has 1 unspecified atom stereocenters. The molecule has 0 amide bonds. The average molecular weight is 1890 g/mol. The van der Waals surface area contributed by atoms with E-state index < -0.39 is 32.3 Å². The number of hydrogen-bond acceptors (Lipinski definition) is 13. The fraction of sp³-hybridized carbons (Fsp3) is 0. The minimum absolute atomic E-state index is 0.881. The van der Waals surface area contributed by atoms with Crippen molar-refractivity contribution in [1.82, 2.24) is 64.8 Å². The first-order valence-corrected chi connectivity index (χ1v) is 55.3. The Balaban J connectivity index is 0.000000116. The Labute approximate surface area is 831 Å². The third kappa shape index (κ3) is 18.5. The fourth-order valence-electron chi connectivity index (χ4n) is 19.8. The van der Waals surface area contributed by atoms with Crippen LogP contribution in [0.3, 0.4) is 0 Å². The molecule has 13 heterocycles. The number of aromatic nitrogens is 13. The van der Waals surface area contributed by atoms with Gasteiger partial charge in [-0.15, -0.1) is 0 Å². The van der Waals surface area contributed by atoms with Gasteiger partial charge in [0.05, 0.1) is 38.4 Å². The molecule has 676 valence electrons. The van der Waals surface area contributed by atoms with Gasteiger partial charge in [-0.05, 0) is 180 Å². The molecular formula is C125H95N13Si4. The first-order valence-electron chi connectivity index (χ1n) is 47.3. The molecule has 23 aromatic rings. The van der Waals surface area contributed by atoms with Gasteiger partial charge in [-0.2, -0.15) is 0 Å². The van der Waals surface area contributed by atoms with Gasteiger partial charge in [-0.1, -0.05) is 364 Å². The van der Waals surface area contributed by atoms with E-state index in [9.17, 15) is 0 Å². The lowest BCUT2D eigenvalue weighted by atomic mass is 10.1. The van der Waals surface area contributed by atoms with E-state index in [1.807, 2.05) is 202 Å². The Hall–Kier alpha value is -18.0. The summed E-state index contributed by atoms with van der Waals surface area (Å²) in [4.78, 5) is 64.1. The molecule has 0 saturated heterocycles. The highest BCUT2D eigenvalue weighted by Gasteiger charge is 2.52. The topological polar surface area (TPSA) is 168 Å². The van der Waals surface area contributed by atoms with Crippen LogP contribution in [0.1, 0.15) is 0 Å². The standard InChI is InChI=1S/3C32H24N4Si.C29H23NSi/c1-3-13-27(14-4-1)37(28-15-5-2-6-16-28,31-29(17-9-21-35-31)25-11-7-19-33-23-25)32-30(18-10-22-36-32)26-12-8-20-34-24-26;1-3-13-25(14-4-1)37(26-15-5-2-6-16-26,31-27(17-11-23-35-31)29-19-7-9-21-33-29)32-28(18-12-24-36-32)30-20-8-10-22-34-30;1-3-13-25(14-4-1)27-17-11-23-35-31(27)37(26-15-5-2-6-16-26,30-20-8-10-22-34-30)32-28(18-12-24-36-32)29-19-7-9-21-33-29;1-5-14-24(15-6-1)28-22-13-23-30-29(28)31(25-16-7-2-8-17-25,26-18-9-3-10-19-26)27-20-11-4-12-21-27/h3*1-24H;1-23H. The van der Waals surface area contributed by atoms with Crippen LogP contribution in [0.5, 0.6) is 0 Å². The van der Waals surface area contributed by atoms with Gasteiger partial charge in [0.2, 0.25) is 32.3 Å². The van der Waals surface area contributed by atoms with Crippen LogP contribution in [0.25, 0.3) is 78.3 Å². The summed E-state index contributed by atoms with van der Waals surface area (Å²) in [6.45, 7) is 0. The van der Waals surface area contributed by atoms with E-state index in [1.165, 1.54) is 57.9 Å². The summed E-state index contributed by atoms with van der Waals surface area (Å²) in [6.07, 6.45) is 28.1. The maximum absolute atomic E-state index is 5.17. The molecule has 0 aliphatic heterocycles. The normalized spacial score (nSPS) is 11.6. The van der Waals surface area contributed by atoms with Gasteiger partial charge < -0.3 is 0 Å². The lowest BCUT2D eigenvalue weighted by molar-refractivity contribution is 1.29. The Morgan fingerprint density at radius 1 is 0.120 bits per heavy atom. The molecule has 0 aliphatic carbocycles. The fourth-order valence-corrected chi connectivity index (χ4v) is 38.8. The molecule has 1 atom stereocenters. The van der Waals surface area contributed by atoms with Crippen molar-refractivity contribution >= 4 is 116 Å². The first-order chi connectivity index (χ1) is 70.6. The van der Waals surface area contributed by atoms with E-state index in [1.54, 1.807) is 12.4 Å². The highest BCUT2D eigenvalue weighted by molar-refractivity contribution is 7.22. The summed E-state index contributed by atoms with van der Waals surface area (Å²) in [5.74, 6) is 0. The first kappa shape index (κ1) is 91.8. The van der Waals surface area contributed by atoms with Crippen LogP contribution < -0.4 is 84.0 Å². The quantitative estimate of drug-likeness (QED) is 0.0439. The maximum atomic E-state index is 5.17. The Kier molecular flexibility index (Phi) is 28.4. The lowest BCUT2D eigenvalue weighted by Gasteiger charge is -2.34. The maximum Gasteiger partial charge on any atom is 0.245 e. The summed E-state index contributed by atoms with van der Waals surface area (Å²) in [7, 11) is -11.9. The molecule has 0 saturated carbocycles. The number of hydrogen-bond donors (Lipinski definition) is 0. The molecule has 0 bridgehead atoms. The van der Waals surface area contributed by atoms with E-state index in [2.05, 4.69) is 374 Å². The zero-order valence-electron chi connectivity index (χ0n) is 77.7. The van der Waals surface area contributed by atoms with Crippen molar-refractivity contribution < 1.29 is 0 Å². The molecule has 0 aliphatic rings. The summed E-state index contributed by atoms with van der Waals surface area (Å²) in [6, 6.07) is 169. The van der Waals surface area contributed by atoms with Crippen molar-refractivity contribution in [1.29, 1.82) is 0 Å². The van der Waals surface area contributed by atoms with Gasteiger partial charge in [0.25, 0.3) is 0 Å². The predicted molar refractivity (Wildman–Crippen MR) is 590 cm³/mol. The van der Waals surface area contributed by atoms with Crippen LogP contribution in [-0.2, 0) is 0 Å². The zero-order chi connectivity index (χ0) is 95.7. The molecule has 10 aromatic carbocycles. The van der Waals surface area contributed by atoms with Crippen molar-refractivity contribution in [2.75, 3.05) is 0 Å². The van der Waals surface area contributed by atoms with Crippen molar-refractivity contribution in [3.8, 4) is 78.3 Å². The second-order valence-corrected chi connectivity index (χ2v) is 48.2. The molecule has 13 aromatic heterocycles. The minimum Gasteiger partial charge on any atom is -0.265 e. The van der Waals surface area contributed by atoms with Crippen molar-refractivity contribution in [2.24, 2.45) is 0 Å². The third-order valence-electron chi connectivity index (χ3n) is 25.8. The van der Waals surface area contributed by atoms with E-state index in [4.69, 9.17) is 54.8 Å². The van der Waals surface area contributed by atoms with E-state index >= 15 is 0 Å². The van der Waals surface area contributed by atoms with E-state index in [0.29, 0.717) is 0 Å². The summed E-state index contributed by atoms with van der Waals surface area (Å²) >= 11 is 0. The van der Waals surface area contributed by atoms with Crippen LogP contribution in [0.4, 0.5) is 0 Å². The van der Waals surface area contributed by atoms with Crippen molar-refractivity contribution in [3.05, 3.63) is 578 Å². The molecule has 0 N–H and O–H groups in total. The summed E-state index contributed by atoms with van der Waals surface area (Å²) in [5.41, 5.74) is 14.5. The van der Waals surface area contributed by atoms with Gasteiger partial charge in [0.1, 0.15) is 0 Å². The Morgan fingerprint density at radius 3 is 0.563 bits per heavy atom. The molecule has 17 heteroatoms. The van der Waals surface area contributed by atoms with Crippen LogP contribution in [0, 0.1) is 0 Å². The third-order valence-corrected chi connectivity index (χ3v) is 44.2. The molecule has 0 fully saturated rings. The van der Waals surface area contributed by atoms with Crippen molar-refractivity contribution in [2.45, 2.75) is 0 Å². The van der Waals surface area contributed by atoms with E-state index in [0.717, 1.165) is 104 Å². The molecule has 142 heavy (non-hydrogen) atoms. The van der Waals surface area contributed by atoms with Gasteiger partial charge >= 0.3 is 0 Å². The van der Waals surface area contributed by atoms with Crippen LogP contribution in [-0.4, -0.2) is 97.1 Å². The predicted octanol–water partition coefficient (Wildman–Crippen LogP) is 16.1. The van der Waals surface area contributed by atoms with Crippen molar-refractivity contribution in [3.63, 3.8) is 0 Å². The molecule has 0 spiro atoms. The second kappa shape index (κ2) is 44.0. The minimum atomic E-state index is -3.13. The number of nitrogens with zero attached hydrogens (tertiary/aromatic N) is 13. The second-order valence-electron chi connectivity index (χ2n) is 33.8. The average Bonchev–Trinajstić information content (AvgIpc) is 0.733. The zero-order valence-corrected chi connectivity index (χ0v) is 81.7. The molecule has 13 nitrogen and oxygen atoms in total. The largest absolute Gasteiger partial charge is 0.265 e. The smallest absolute Gasteiger partial charge is 0.245 e. The molecule has 0 radical (unpaired) electrons.